The van der Waals surface area contributed by atoms with Crippen LogP contribution in [0.2, 0.25) is 0 Å². The van der Waals surface area contributed by atoms with E-state index in [4.69, 9.17) is 4.74 Å². The second kappa shape index (κ2) is 8.95. The Bertz CT molecular complexity index is 1220. The molecule has 2 heterocycles. The number of fused-ring (bicyclic) bond motifs is 1. The van der Waals surface area contributed by atoms with Gasteiger partial charge in [-0.1, -0.05) is 12.1 Å². The van der Waals surface area contributed by atoms with Crippen LogP contribution in [-0.4, -0.2) is 35.6 Å². The lowest BCUT2D eigenvalue weighted by atomic mass is 10.2. The standard InChI is InChI=1S/C20H21N3O6S/c1-11-15-18(22-20(27)23(19(15)26)10-6-9-14(24)29-3)30-16(11)17(25)21-12-7-4-5-8-13(12)28-2/h4-5,7-8H,6,9-10H2,1-3H3,(H,21,25)(H,22,27). The number of carbonyl (C=O) groups excluding carboxylic acids is 2. The number of H-pyrrole nitrogens is 1. The molecule has 1 amide bonds. The van der Waals surface area contributed by atoms with Gasteiger partial charge in [-0.25, -0.2) is 4.79 Å². The van der Waals surface area contributed by atoms with Crippen LogP contribution < -0.4 is 21.3 Å². The van der Waals surface area contributed by atoms with E-state index in [-0.39, 0.29) is 24.8 Å². The predicted molar refractivity (Wildman–Crippen MR) is 114 cm³/mol. The molecule has 0 aliphatic carbocycles. The third-order valence-electron chi connectivity index (χ3n) is 4.62. The van der Waals surface area contributed by atoms with Crippen LogP contribution in [0.5, 0.6) is 5.75 Å². The highest BCUT2D eigenvalue weighted by Crippen LogP contribution is 2.29. The number of amides is 1. The van der Waals surface area contributed by atoms with Crippen LogP contribution in [0, 0.1) is 6.92 Å². The van der Waals surface area contributed by atoms with Crippen molar-refractivity contribution in [3.8, 4) is 5.75 Å². The van der Waals surface area contributed by atoms with Gasteiger partial charge in [-0.05, 0) is 31.0 Å². The maximum absolute atomic E-state index is 12.9. The number of benzene rings is 1. The van der Waals surface area contributed by atoms with Crippen molar-refractivity contribution in [3.63, 3.8) is 0 Å². The number of esters is 1. The van der Waals surface area contributed by atoms with Crippen molar-refractivity contribution < 1.29 is 19.1 Å². The third-order valence-corrected chi connectivity index (χ3v) is 5.83. The number of aromatic amines is 1. The quantitative estimate of drug-likeness (QED) is 0.554. The number of carbonyl (C=O) groups is 2. The van der Waals surface area contributed by atoms with Crippen LogP contribution >= 0.6 is 11.3 Å². The summed E-state index contributed by atoms with van der Waals surface area (Å²) in [5.41, 5.74) is -0.111. The molecule has 1 aromatic carbocycles. The van der Waals surface area contributed by atoms with Crippen LogP contribution in [0.15, 0.2) is 33.9 Å². The van der Waals surface area contributed by atoms with Crippen molar-refractivity contribution in [2.45, 2.75) is 26.3 Å². The lowest BCUT2D eigenvalue weighted by Crippen LogP contribution is -2.35. The summed E-state index contributed by atoms with van der Waals surface area (Å²) in [6.45, 7) is 1.73. The summed E-state index contributed by atoms with van der Waals surface area (Å²) in [7, 11) is 2.78. The van der Waals surface area contributed by atoms with Gasteiger partial charge in [0.1, 0.15) is 10.6 Å². The molecule has 0 fully saturated rings. The predicted octanol–water partition coefficient (Wildman–Crippen LogP) is 2.27. The van der Waals surface area contributed by atoms with Crippen molar-refractivity contribution in [1.29, 1.82) is 0 Å². The largest absolute Gasteiger partial charge is 0.495 e. The molecular formula is C20H21N3O6S. The lowest BCUT2D eigenvalue weighted by molar-refractivity contribution is -0.140. The van der Waals surface area contributed by atoms with E-state index in [9.17, 15) is 19.2 Å². The Morgan fingerprint density at radius 1 is 1.20 bits per heavy atom. The zero-order valence-electron chi connectivity index (χ0n) is 16.7. The van der Waals surface area contributed by atoms with Crippen LogP contribution in [0.25, 0.3) is 10.2 Å². The number of methoxy groups -OCH3 is 2. The minimum atomic E-state index is -0.588. The van der Waals surface area contributed by atoms with E-state index in [2.05, 4.69) is 15.0 Å². The number of aromatic nitrogens is 2. The van der Waals surface area contributed by atoms with Crippen molar-refractivity contribution >= 4 is 39.1 Å². The molecular weight excluding hydrogens is 410 g/mol. The van der Waals surface area contributed by atoms with Crippen LogP contribution in [0.3, 0.4) is 0 Å². The average Bonchev–Trinajstić information content (AvgIpc) is 3.06. The molecule has 10 heteroatoms. The van der Waals surface area contributed by atoms with Gasteiger partial charge in [0, 0.05) is 13.0 Å². The summed E-state index contributed by atoms with van der Waals surface area (Å²) in [6.07, 6.45) is 0.376. The molecule has 30 heavy (non-hydrogen) atoms. The molecule has 3 aromatic rings. The maximum Gasteiger partial charge on any atom is 0.329 e. The number of rotatable bonds is 7. The molecule has 2 N–H and O–H groups in total. The van der Waals surface area contributed by atoms with Gasteiger partial charge in [0.15, 0.2) is 0 Å². The number of aryl methyl sites for hydroxylation is 1. The monoisotopic (exact) mass is 431 g/mol. The summed E-state index contributed by atoms with van der Waals surface area (Å²) < 4.78 is 10.8. The minimum Gasteiger partial charge on any atom is -0.495 e. The highest BCUT2D eigenvalue weighted by Gasteiger charge is 2.21. The molecule has 0 atom stereocenters. The average molecular weight is 431 g/mol. The highest BCUT2D eigenvalue weighted by atomic mass is 32.1. The Labute approximate surface area is 175 Å². The molecule has 2 aromatic heterocycles. The number of anilines is 1. The molecule has 0 aliphatic heterocycles. The number of para-hydroxylation sites is 2. The molecule has 0 spiro atoms. The van der Waals surface area contributed by atoms with Crippen LogP contribution in [0.1, 0.15) is 28.1 Å². The highest BCUT2D eigenvalue weighted by molar-refractivity contribution is 7.20. The molecule has 0 aliphatic rings. The number of nitrogens with zero attached hydrogens (tertiary/aromatic N) is 1. The fraction of sp³-hybridized carbons (Fsp3) is 0.300. The van der Waals surface area contributed by atoms with E-state index in [1.807, 2.05) is 0 Å². The second-order valence-corrected chi connectivity index (χ2v) is 7.50. The molecule has 9 nitrogen and oxygen atoms in total. The third kappa shape index (κ3) is 4.13. The van der Waals surface area contributed by atoms with Gasteiger partial charge in [0.2, 0.25) is 0 Å². The number of hydrogen-bond donors (Lipinski definition) is 2. The molecule has 0 bridgehead atoms. The molecule has 0 unspecified atom stereocenters. The fourth-order valence-electron chi connectivity index (χ4n) is 3.08. The van der Waals surface area contributed by atoms with Crippen molar-refractivity contribution in [3.05, 3.63) is 55.5 Å². The van der Waals surface area contributed by atoms with Crippen LogP contribution in [0.4, 0.5) is 5.69 Å². The molecule has 0 radical (unpaired) electrons. The first-order valence-electron chi connectivity index (χ1n) is 9.14. The van der Waals surface area contributed by atoms with Gasteiger partial charge in [-0.2, -0.15) is 0 Å². The number of thiophene rings is 1. The number of hydrogen-bond acceptors (Lipinski definition) is 7. The topological polar surface area (TPSA) is 119 Å². The Hall–Kier alpha value is -3.40. The second-order valence-electron chi connectivity index (χ2n) is 6.48. The van der Waals surface area contributed by atoms with Gasteiger partial charge in [0.25, 0.3) is 11.5 Å². The summed E-state index contributed by atoms with van der Waals surface area (Å²) in [6, 6.07) is 6.97. The van der Waals surface area contributed by atoms with E-state index in [0.717, 1.165) is 15.9 Å². The zero-order valence-corrected chi connectivity index (χ0v) is 17.6. The number of nitrogens with one attached hydrogen (secondary N) is 2. The molecule has 0 saturated heterocycles. The van der Waals surface area contributed by atoms with Crippen molar-refractivity contribution in [2.75, 3.05) is 19.5 Å². The Kier molecular flexibility index (Phi) is 6.36. The number of ether oxygens (including phenoxy) is 2. The Balaban J connectivity index is 1.94. The van der Waals surface area contributed by atoms with Gasteiger partial charge >= 0.3 is 11.7 Å². The fourth-order valence-corrected chi connectivity index (χ4v) is 4.16. The maximum atomic E-state index is 12.9. The van der Waals surface area contributed by atoms with Crippen LogP contribution in [-0.2, 0) is 16.1 Å². The molecule has 3 rings (SSSR count). The zero-order chi connectivity index (χ0) is 21.8. The lowest BCUT2D eigenvalue weighted by Gasteiger charge is -2.09. The Morgan fingerprint density at radius 2 is 1.93 bits per heavy atom. The van der Waals surface area contributed by atoms with Gasteiger partial charge in [-0.3, -0.25) is 23.9 Å². The normalized spacial score (nSPS) is 10.8. The summed E-state index contributed by atoms with van der Waals surface area (Å²) in [5.74, 6) is -0.316. The molecule has 158 valence electrons. The first-order valence-corrected chi connectivity index (χ1v) is 9.96. The van der Waals surface area contributed by atoms with Gasteiger partial charge in [-0.15, -0.1) is 11.3 Å². The molecule has 0 saturated carbocycles. The first-order chi connectivity index (χ1) is 14.4. The van der Waals surface area contributed by atoms with Gasteiger partial charge < -0.3 is 14.8 Å². The van der Waals surface area contributed by atoms with E-state index >= 15 is 0 Å². The first kappa shape index (κ1) is 21.3. The van der Waals surface area contributed by atoms with E-state index in [1.54, 1.807) is 31.2 Å². The van der Waals surface area contributed by atoms with Gasteiger partial charge in [0.05, 0.1) is 30.2 Å². The summed E-state index contributed by atoms with van der Waals surface area (Å²) >= 11 is 1.04. The Morgan fingerprint density at radius 3 is 2.63 bits per heavy atom. The smallest absolute Gasteiger partial charge is 0.329 e. The van der Waals surface area contributed by atoms with E-state index in [1.165, 1.54) is 14.2 Å². The van der Waals surface area contributed by atoms with E-state index < -0.39 is 23.1 Å². The van der Waals surface area contributed by atoms with Crippen molar-refractivity contribution in [1.82, 2.24) is 9.55 Å². The van der Waals surface area contributed by atoms with Crippen molar-refractivity contribution in [2.24, 2.45) is 0 Å². The summed E-state index contributed by atoms with van der Waals surface area (Å²) in [4.78, 5) is 52.6. The minimum absolute atomic E-state index is 0.0667. The SMILES string of the molecule is COC(=O)CCCn1c(=O)[nH]c2sc(C(=O)Nc3ccccc3OC)c(C)c2c1=O. The van der Waals surface area contributed by atoms with E-state index in [0.29, 0.717) is 26.7 Å². The summed E-state index contributed by atoms with van der Waals surface area (Å²) in [5, 5.41) is 3.06.